The summed E-state index contributed by atoms with van der Waals surface area (Å²) in [5.41, 5.74) is 9.73. The average Bonchev–Trinajstić information content (AvgIpc) is 2.68. The van der Waals surface area contributed by atoms with Crippen LogP contribution in [0.1, 0.15) is 62.3 Å². The van der Waals surface area contributed by atoms with Gasteiger partial charge in [0, 0.05) is 12.1 Å². The molecule has 5 rings (SSSR count). The van der Waals surface area contributed by atoms with Gasteiger partial charge in [-0.25, -0.2) is 0 Å². The van der Waals surface area contributed by atoms with Crippen molar-refractivity contribution in [3.8, 4) is 5.75 Å². The quantitative estimate of drug-likeness (QED) is 0.853. The van der Waals surface area contributed by atoms with Crippen LogP contribution in [0.3, 0.4) is 0 Å². The van der Waals surface area contributed by atoms with Gasteiger partial charge in [-0.3, -0.25) is 4.90 Å². The first kappa shape index (κ1) is 16.8. The van der Waals surface area contributed by atoms with Gasteiger partial charge in [0.05, 0.1) is 12.6 Å². The van der Waals surface area contributed by atoms with Gasteiger partial charge in [-0.1, -0.05) is 29.3 Å². The highest BCUT2D eigenvalue weighted by molar-refractivity contribution is 5.34. The summed E-state index contributed by atoms with van der Waals surface area (Å²) in [7, 11) is 0. The molecule has 2 aliphatic heterocycles. The Kier molecular flexibility index (Phi) is 4.12. The zero-order chi connectivity index (χ0) is 18.4. The fourth-order valence-corrected chi connectivity index (χ4v) is 4.57. The number of likely N-dealkylation sites (tertiary alicyclic amines) is 1. The molecule has 5 nitrogen and oxygen atoms in total. The van der Waals surface area contributed by atoms with E-state index in [-0.39, 0.29) is 12.1 Å². The lowest BCUT2D eigenvalue weighted by Crippen LogP contribution is -2.55. The molecule has 3 unspecified atom stereocenters. The third-order valence-corrected chi connectivity index (χ3v) is 6.15. The van der Waals surface area contributed by atoms with E-state index in [9.17, 15) is 0 Å². The molecule has 0 radical (unpaired) electrons. The Labute approximate surface area is 159 Å². The fourth-order valence-electron chi connectivity index (χ4n) is 4.57. The number of hydrogen-bond donors (Lipinski definition) is 1. The second-order valence-electron chi connectivity index (χ2n) is 7.96. The van der Waals surface area contributed by atoms with Crippen LogP contribution in [0.5, 0.6) is 5.75 Å². The first-order valence-electron chi connectivity index (χ1n) is 10.1. The molecule has 0 spiro atoms. The second kappa shape index (κ2) is 6.64. The molecule has 2 N–H and O–H groups in total. The van der Waals surface area contributed by atoms with Gasteiger partial charge in [-0.05, 0) is 56.2 Å². The Balaban J connectivity index is 1.44. The molecule has 27 heavy (non-hydrogen) atoms. The summed E-state index contributed by atoms with van der Waals surface area (Å²) in [4.78, 5) is 7.15. The molecular formula is C22H27N4O+. The smallest absolute Gasteiger partial charge is 0.357 e. The molecule has 0 amide bonds. The molecule has 3 heterocycles. The minimum atomic E-state index is 0.0639. The molecule has 1 aliphatic carbocycles. The van der Waals surface area contributed by atoms with Crippen molar-refractivity contribution in [2.24, 2.45) is 10.7 Å². The molecule has 3 aliphatic rings. The van der Waals surface area contributed by atoms with E-state index in [0.717, 1.165) is 36.6 Å². The third kappa shape index (κ3) is 2.90. The highest BCUT2D eigenvalue weighted by Gasteiger charge is 2.31. The Morgan fingerprint density at radius 2 is 1.93 bits per heavy atom. The summed E-state index contributed by atoms with van der Waals surface area (Å²) in [5.74, 6) is 1.96. The van der Waals surface area contributed by atoms with Crippen LogP contribution in [-0.2, 0) is 0 Å². The summed E-state index contributed by atoms with van der Waals surface area (Å²) >= 11 is 0. The summed E-state index contributed by atoms with van der Waals surface area (Å²) in [6, 6.07) is 13.2. The summed E-state index contributed by atoms with van der Waals surface area (Å²) in [6.07, 6.45) is 7.86. The van der Waals surface area contributed by atoms with Crippen molar-refractivity contribution in [2.75, 3.05) is 6.54 Å². The predicted molar refractivity (Wildman–Crippen MR) is 102 cm³/mol. The largest absolute Gasteiger partial charge is 0.483 e. The molecule has 1 aromatic heterocycles. The molecule has 3 atom stereocenters. The molecule has 1 fully saturated rings. The van der Waals surface area contributed by atoms with Crippen LogP contribution in [0.15, 0.2) is 47.6 Å². The SMILES string of the molecule is CC1CCCCN1C1=[n+]2cc(OC3CCC(N)c4ccccc43)ccc2=N1. The molecule has 1 aromatic carbocycles. The first-order valence-corrected chi connectivity index (χ1v) is 10.1. The molecule has 0 bridgehead atoms. The molecule has 2 aromatic rings. The standard InChI is InChI=1S/C22H27N4O/c1-15-6-4-5-13-25(15)22-24-21-12-9-16(14-26(21)22)27-20-11-10-19(23)17-7-2-3-8-18(17)20/h2-3,7-9,12,14-15,19-20H,4-6,10-11,13,23H2,1H3/q+1. The average molecular weight is 363 g/mol. The number of fused-ring (bicyclic) bond motifs is 2. The van der Waals surface area contributed by atoms with Crippen molar-refractivity contribution in [1.82, 2.24) is 4.90 Å². The number of rotatable bonds is 3. The third-order valence-electron chi connectivity index (χ3n) is 6.15. The monoisotopic (exact) mass is 363 g/mol. The summed E-state index contributed by atoms with van der Waals surface area (Å²) in [5, 5.41) is 0. The van der Waals surface area contributed by atoms with Gasteiger partial charge in [-0.2, -0.15) is 4.24 Å². The number of nitrogens with zero attached hydrogens (tertiary/aromatic N) is 3. The van der Waals surface area contributed by atoms with Crippen molar-refractivity contribution in [3.05, 3.63) is 65.2 Å². The van der Waals surface area contributed by atoms with Gasteiger partial charge >= 0.3 is 5.96 Å². The highest BCUT2D eigenvalue weighted by atomic mass is 16.5. The maximum atomic E-state index is 6.41. The van der Waals surface area contributed by atoms with Gasteiger partial charge in [-0.15, -0.1) is 0 Å². The first-order chi connectivity index (χ1) is 13.2. The number of benzene rings is 1. The van der Waals surface area contributed by atoms with Gasteiger partial charge in [0.15, 0.2) is 0 Å². The number of nitrogens with two attached hydrogens (primary N) is 1. The lowest BCUT2D eigenvalue weighted by molar-refractivity contribution is -0.579. The maximum Gasteiger partial charge on any atom is 0.357 e. The Morgan fingerprint density at radius 3 is 2.78 bits per heavy atom. The topological polar surface area (TPSA) is 56.8 Å². The van der Waals surface area contributed by atoms with Crippen LogP contribution in [0.4, 0.5) is 0 Å². The van der Waals surface area contributed by atoms with Crippen LogP contribution in [0.2, 0.25) is 0 Å². The molecule has 0 saturated carbocycles. The van der Waals surface area contributed by atoms with Crippen LogP contribution in [-0.4, -0.2) is 17.5 Å². The van der Waals surface area contributed by atoms with E-state index in [0.29, 0.717) is 6.04 Å². The Hall–Kier alpha value is -2.40. The van der Waals surface area contributed by atoms with E-state index >= 15 is 0 Å². The zero-order valence-corrected chi connectivity index (χ0v) is 15.8. The number of hydrogen-bond acceptors (Lipinski definition) is 4. The maximum absolute atomic E-state index is 6.41. The predicted octanol–water partition coefficient (Wildman–Crippen LogP) is 2.69. The van der Waals surface area contributed by atoms with Gasteiger partial charge < -0.3 is 10.5 Å². The van der Waals surface area contributed by atoms with E-state index in [4.69, 9.17) is 15.5 Å². The molecule has 140 valence electrons. The van der Waals surface area contributed by atoms with Crippen LogP contribution < -0.4 is 20.2 Å². The van der Waals surface area contributed by atoms with Gasteiger partial charge in [0.1, 0.15) is 18.1 Å². The van der Waals surface area contributed by atoms with Crippen LogP contribution in [0, 0.1) is 5.96 Å². The van der Waals surface area contributed by atoms with Crippen molar-refractivity contribution < 1.29 is 8.98 Å². The van der Waals surface area contributed by atoms with Gasteiger partial charge in [0.25, 0.3) is 0 Å². The van der Waals surface area contributed by atoms with Crippen molar-refractivity contribution >= 4 is 0 Å². The molecule has 5 heteroatoms. The number of piperidine rings is 1. The van der Waals surface area contributed by atoms with Crippen molar-refractivity contribution in [3.63, 3.8) is 0 Å². The second-order valence-corrected chi connectivity index (χ2v) is 7.96. The summed E-state index contributed by atoms with van der Waals surface area (Å²) < 4.78 is 8.59. The van der Waals surface area contributed by atoms with Crippen LogP contribution in [0.25, 0.3) is 0 Å². The van der Waals surface area contributed by atoms with E-state index in [1.807, 2.05) is 12.1 Å². The number of aromatic nitrogens is 1. The van der Waals surface area contributed by atoms with Crippen molar-refractivity contribution in [1.29, 1.82) is 0 Å². The zero-order valence-electron chi connectivity index (χ0n) is 15.8. The number of pyridine rings is 1. The molecule has 1 saturated heterocycles. The van der Waals surface area contributed by atoms with Crippen molar-refractivity contribution in [2.45, 2.75) is 57.2 Å². The highest BCUT2D eigenvalue weighted by Crippen LogP contribution is 2.37. The minimum Gasteiger partial charge on any atom is -0.483 e. The van der Waals surface area contributed by atoms with Crippen LogP contribution >= 0.6 is 0 Å². The Bertz CT molecular complexity index is 986. The fraction of sp³-hybridized carbons (Fsp3) is 0.455. The van der Waals surface area contributed by atoms with E-state index in [1.54, 1.807) is 0 Å². The lowest BCUT2D eigenvalue weighted by atomic mass is 9.86. The van der Waals surface area contributed by atoms with E-state index in [2.05, 4.69) is 46.5 Å². The normalized spacial score (nSPS) is 26.5. The Morgan fingerprint density at radius 1 is 1.07 bits per heavy atom. The lowest BCUT2D eigenvalue weighted by Gasteiger charge is -2.31. The van der Waals surface area contributed by atoms with Gasteiger partial charge in [0.2, 0.25) is 5.49 Å². The van der Waals surface area contributed by atoms with E-state index in [1.165, 1.54) is 30.4 Å². The minimum absolute atomic E-state index is 0.0639. The molecular weight excluding hydrogens is 336 g/mol. The number of ether oxygens (including phenoxy) is 1. The van der Waals surface area contributed by atoms with E-state index < -0.39 is 0 Å². The summed E-state index contributed by atoms with van der Waals surface area (Å²) in [6.45, 7) is 3.38.